The molecule has 0 bridgehead atoms. The van der Waals surface area contributed by atoms with Crippen molar-refractivity contribution in [3.05, 3.63) is 60.4 Å². The number of pyridine rings is 1. The number of fused-ring (bicyclic) bond motifs is 3. The highest BCUT2D eigenvalue weighted by molar-refractivity contribution is 6.06. The van der Waals surface area contributed by atoms with Crippen LogP contribution in [0.4, 0.5) is 5.82 Å². The lowest BCUT2D eigenvalue weighted by Gasteiger charge is -2.20. The molecule has 2 aromatic carbocycles. The molecule has 2 heterocycles. The van der Waals surface area contributed by atoms with E-state index in [9.17, 15) is 0 Å². The van der Waals surface area contributed by atoms with E-state index in [0.29, 0.717) is 24.5 Å². The highest BCUT2D eigenvalue weighted by Crippen LogP contribution is 2.30. The Balaban J connectivity index is 1.72. The van der Waals surface area contributed by atoms with Crippen LogP contribution >= 0.6 is 0 Å². The van der Waals surface area contributed by atoms with E-state index in [4.69, 9.17) is 21.6 Å². The largest absolute Gasteiger partial charge is 0.481 e. The van der Waals surface area contributed by atoms with Crippen LogP contribution in [-0.4, -0.2) is 34.4 Å². The molecule has 0 aliphatic rings. The molecule has 0 aliphatic carbocycles. The first-order valence-corrected chi connectivity index (χ1v) is 9.95. The van der Waals surface area contributed by atoms with Crippen molar-refractivity contribution in [1.82, 2.24) is 14.5 Å². The van der Waals surface area contributed by atoms with Crippen LogP contribution in [0.2, 0.25) is 0 Å². The number of para-hydroxylation sites is 1. The van der Waals surface area contributed by atoms with Crippen molar-refractivity contribution in [2.45, 2.75) is 19.4 Å². The van der Waals surface area contributed by atoms with Crippen molar-refractivity contribution in [2.75, 3.05) is 25.6 Å². The summed E-state index contributed by atoms with van der Waals surface area (Å²) in [5, 5.41) is 1.03. The second-order valence-electron chi connectivity index (χ2n) is 7.02. The zero-order chi connectivity index (χ0) is 20.9. The first-order valence-electron chi connectivity index (χ1n) is 9.95. The van der Waals surface area contributed by atoms with Crippen LogP contribution in [0, 0.1) is 12.3 Å². The summed E-state index contributed by atoms with van der Waals surface area (Å²) in [5.41, 5.74) is 9.92. The van der Waals surface area contributed by atoms with Crippen LogP contribution in [0.25, 0.3) is 21.9 Å². The molecule has 0 radical (unpaired) electrons. The standard InChI is InChI=1S/C24H24N4O2/c1-3-13-30-19-11-9-17(10-12-19)14-18(15-29-4-2)28-16-26-22-23(28)20-7-5-6-8-21(20)27-24(22)25/h1,5-12,16,18H,4,13-15H2,2H3,(H2,25,27)/t18-/m0/s1. The fourth-order valence-electron chi connectivity index (χ4n) is 3.66. The number of rotatable bonds is 8. The number of imidazole rings is 1. The summed E-state index contributed by atoms with van der Waals surface area (Å²) >= 11 is 0. The first kappa shape index (κ1) is 19.7. The van der Waals surface area contributed by atoms with E-state index in [1.165, 1.54) is 5.56 Å². The van der Waals surface area contributed by atoms with Crippen molar-refractivity contribution in [1.29, 1.82) is 0 Å². The van der Waals surface area contributed by atoms with E-state index >= 15 is 0 Å². The molecule has 152 valence electrons. The SMILES string of the molecule is C#CCOc1ccc(C[C@@H](COCC)n2cnc3c(N)nc4ccccc4c32)cc1. The number of nitrogens with zero attached hydrogens (tertiary/aromatic N) is 3. The summed E-state index contributed by atoms with van der Waals surface area (Å²) in [6.07, 6.45) is 7.87. The highest BCUT2D eigenvalue weighted by Gasteiger charge is 2.19. The zero-order valence-electron chi connectivity index (χ0n) is 16.9. The van der Waals surface area contributed by atoms with Crippen LogP contribution in [0.3, 0.4) is 0 Å². The topological polar surface area (TPSA) is 75.2 Å². The Kier molecular flexibility index (Phi) is 5.82. The summed E-state index contributed by atoms with van der Waals surface area (Å²) < 4.78 is 13.5. The Hall–Kier alpha value is -3.56. The number of terminal acetylenes is 1. The van der Waals surface area contributed by atoms with Gasteiger partial charge in [0.1, 0.15) is 17.9 Å². The Morgan fingerprint density at radius 1 is 1.17 bits per heavy atom. The Labute approximate surface area is 175 Å². The third-order valence-electron chi connectivity index (χ3n) is 5.06. The van der Waals surface area contributed by atoms with Crippen molar-refractivity contribution in [2.24, 2.45) is 0 Å². The molecule has 4 aromatic rings. The minimum absolute atomic E-state index is 0.0534. The number of nitrogen functional groups attached to an aromatic ring is 1. The van der Waals surface area contributed by atoms with Gasteiger partial charge in [-0.15, -0.1) is 6.42 Å². The molecule has 30 heavy (non-hydrogen) atoms. The van der Waals surface area contributed by atoms with Crippen molar-refractivity contribution in [3.63, 3.8) is 0 Å². The summed E-state index contributed by atoms with van der Waals surface area (Å²) in [7, 11) is 0. The van der Waals surface area contributed by atoms with Crippen molar-refractivity contribution in [3.8, 4) is 18.1 Å². The number of hydrogen-bond acceptors (Lipinski definition) is 5. The zero-order valence-corrected chi connectivity index (χ0v) is 16.9. The van der Waals surface area contributed by atoms with E-state index in [1.54, 1.807) is 0 Å². The van der Waals surface area contributed by atoms with Crippen LogP contribution in [-0.2, 0) is 11.2 Å². The molecule has 0 fully saturated rings. The van der Waals surface area contributed by atoms with E-state index in [1.807, 2.05) is 43.6 Å². The smallest absolute Gasteiger partial charge is 0.152 e. The minimum Gasteiger partial charge on any atom is -0.481 e. The third-order valence-corrected chi connectivity index (χ3v) is 5.06. The maximum Gasteiger partial charge on any atom is 0.152 e. The van der Waals surface area contributed by atoms with E-state index in [0.717, 1.165) is 28.6 Å². The summed E-state index contributed by atoms with van der Waals surface area (Å²) in [5.74, 6) is 3.67. The lowest BCUT2D eigenvalue weighted by atomic mass is 10.1. The summed E-state index contributed by atoms with van der Waals surface area (Å²) in [6, 6.07) is 16.0. The lowest BCUT2D eigenvalue weighted by molar-refractivity contribution is 0.114. The van der Waals surface area contributed by atoms with E-state index in [-0.39, 0.29) is 12.6 Å². The molecule has 0 aliphatic heterocycles. The van der Waals surface area contributed by atoms with Gasteiger partial charge in [0.05, 0.1) is 30.0 Å². The van der Waals surface area contributed by atoms with Gasteiger partial charge < -0.3 is 19.8 Å². The molecule has 0 amide bonds. The summed E-state index contributed by atoms with van der Waals surface area (Å²) in [4.78, 5) is 9.07. The number of ether oxygens (including phenoxy) is 2. The van der Waals surface area contributed by atoms with Crippen LogP contribution in [0.1, 0.15) is 18.5 Å². The molecular weight excluding hydrogens is 376 g/mol. The van der Waals surface area contributed by atoms with Gasteiger partial charge in [-0.25, -0.2) is 9.97 Å². The number of benzene rings is 2. The highest BCUT2D eigenvalue weighted by atomic mass is 16.5. The van der Waals surface area contributed by atoms with Crippen LogP contribution in [0.5, 0.6) is 5.75 Å². The van der Waals surface area contributed by atoms with Gasteiger partial charge in [-0.3, -0.25) is 0 Å². The van der Waals surface area contributed by atoms with E-state index < -0.39 is 0 Å². The van der Waals surface area contributed by atoms with Gasteiger partial charge in [0, 0.05) is 12.0 Å². The molecule has 4 rings (SSSR count). The average molecular weight is 400 g/mol. The maximum atomic E-state index is 6.20. The van der Waals surface area contributed by atoms with Gasteiger partial charge in [0.25, 0.3) is 0 Å². The van der Waals surface area contributed by atoms with Crippen molar-refractivity contribution < 1.29 is 9.47 Å². The second kappa shape index (κ2) is 8.85. The van der Waals surface area contributed by atoms with Gasteiger partial charge in [-0.1, -0.05) is 36.3 Å². The molecule has 1 atom stereocenters. The molecule has 6 heteroatoms. The number of nitrogens with two attached hydrogens (primary N) is 1. The first-order chi connectivity index (χ1) is 14.7. The number of anilines is 1. The molecule has 0 saturated heterocycles. The van der Waals surface area contributed by atoms with Gasteiger partial charge in [0.2, 0.25) is 0 Å². The Morgan fingerprint density at radius 2 is 1.97 bits per heavy atom. The minimum atomic E-state index is 0.0534. The monoisotopic (exact) mass is 400 g/mol. The normalized spacial score (nSPS) is 12.1. The quantitative estimate of drug-likeness (QED) is 0.453. The molecular formula is C24H24N4O2. The molecule has 2 aromatic heterocycles. The van der Waals surface area contributed by atoms with Gasteiger partial charge >= 0.3 is 0 Å². The van der Waals surface area contributed by atoms with Gasteiger partial charge in [-0.05, 0) is 37.1 Å². The fraction of sp³-hybridized carbons (Fsp3) is 0.250. The second-order valence-corrected chi connectivity index (χ2v) is 7.02. The molecule has 0 saturated carbocycles. The number of aromatic nitrogens is 3. The van der Waals surface area contributed by atoms with Gasteiger partial charge in [0.15, 0.2) is 5.82 Å². The van der Waals surface area contributed by atoms with Crippen molar-refractivity contribution >= 4 is 27.8 Å². The molecule has 6 nitrogen and oxygen atoms in total. The molecule has 2 N–H and O–H groups in total. The predicted octanol–water partition coefficient (Wildman–Crippen LogP) is 4.00. The third kappa shape index (κ3) is 3.93. The Bertz CT molecular complexity index is 1190. The van der Waals surface area contributed by atoms with E-state index in [2.05, 4.69) is 38.7 Å². The average Bonchev–Trinajstić information content (AvgIpc) is 3.22. The summed E-state index contributed by atoms with van der Waals surface area (Å²) in [6.45, 7) is 3.47. The van der Waals surface area contributed by atoms with Crippen LogP contribution in [0.15, 0.2) is 54.9 Å². The predicted molar refractivity (Wildman–Crippen MR) is 119 cm³/mol. The van der Waals surface area contributed by atoms with Crippen LogP contribution < -0.4 is 10.5 Å². The number of hydrogen-bond donors (Lipinski definition) is 1. The molecule has 0 spiro atoms. The Morgan fingerprint density at radius 3 is 2.73 bits per heavy atom. The van der Waals surface area contributed by atoms with Gasteiger partial charge in [-0.2, -0.15) is 0 Å². The maximum absolute atomic E-state index is 6.20. The lowest BCUT2D eigenvalue weighted by Crippen LogP contribution is -2.18. The molecule has 0 unspecified atom stereocenters. The fourth-order valence-corrected chi connectivity index (χ4v) is 3.66.